The molecule has 0 fully saturated rings. The van der Waals surface area contributed by atoms with Gasteiger partial charge in [0.25, 0.3) is 5.91 Å². The molecule has 0 spiro atoms. The van der Waals surface area contributed by atoms with E-state index in [0.717, 1.165) is 21.8 Å². The number of aryl methyl sites for hydroxylation is 2. The third-order valence-corrected chi connectivity index (χ3v) is 5.81. The Labute approximate surface area is 172 Å². The summed E-state index contributed by atoms with van der Waals surface area (Å²) in [5.74, 6) is 0.610. The summed E-state index contributed by atoms with van der Waals surface area (Å²) in [5.41, 5.74) is 4.93. The lowest BCUT2D eigenvalue weighted by Gasteiger charge is -2.07. The minimum absolute atomic E-state index is 0.0602. The highest BCUT2D eigenvalue weighted by Gasteiger charge is 2.12. The van der Waals surface area contributed by atoms with Crippen LogP contribution in [0.5, 0.6) is 0 Å². The number of halogens is 1. The molecule has 0 saturated carbocycles. The molecule has 0 unspecified atom stereocenters. The van der Waals surface area contributed by atoms with Crippen LogP contribution >= 0.6 is 22.9 Å². The van der Waals surface area contributed by atoms with E-state index in [0.29, 0.717) is 29.4 Å². The molecule has 2 heterocycles. The number of rotatable bonds is 5. The fourth-order valence-electron chi connectivity index (χ4n) is 2.91. The van der Waals surface area contributed by atoms with E-state index in [4.69, 9.17) is 11.6 Å². The molecule has 5 nitrogen and oxygen atoms in total. The number of nitrogens with zero attached hydrogens (tertiary/aromatic N) is 3. The molecule has 7 heteroatoms. The second kappa shape index (κ2) is 7.73. The first-order chi connectivity index (χ1) is 13.5. The minimum atomic E-state index is -0.0602. The quantitative estimate of drug-likeness (QED) is 0.518. The summed E-state index contributed by atoms with van der Waals surface area (Å²) in [5, 5.41) is 10.3. The van der Waals surface area contributed by atoms with Crippen LogP contribution in [0.25, 0.3) is 16.3 Å². The Balaban J connectivity index is 1.44. The van der Waals surface area contributed by atoms with Crippen LogP contribution in [0.2, 0.25) is 5.02 Å². The summed E-state index contributed by atoms with van der Waals surface area (Å²) in [7, 11) is 0. The van der Waals surface area contributed by atoms with Gasteiger partial charge in [0.2, 0.25) is 4.96 Å². The smallest absolute Gasteiger partial charge is 0.251 e. The molecule has 1 amide bonds. The Morgan fingerprint density at radius 3 is 2.68 bits per heavy atom. The molecule has 4 aromatic rings. The van der Waals surface area contributed by atoms with Crippen molar-refractivity contribution in [1.29, 1.82) is 0 Å². The van der Waals surface area contributed by atoms with E-state index in [9.17, 15) is 4.79 Å². The van der Waals surface area contributed by atoms with E-state index in [2.05, 4.69) is 15.4 Å². The number of thiazole rings is 1. The molecule has 0 saturated heterocycles. The van der Waals surface area contributed by atoms with Gasteiger partial charge in [0.05, 0.1) is 5.69 Å². The number of carbonyl (C=O) groups is 1. The summed E-state index contributed by atoms with van der Waals surface area (Å²) in [6.45, 7) is 4.58. The Morgan fingerprint density at radius 2 is 1.93 bits per heavy atom. The highest BCUT2D eigenvalue weighted by Crippen LogP contribution is 2.22. The van der Waals surface area contributed by atoms with Gasteiger partial charge in [-0.1, -0.05) is 17.7 Å². The normalized spacial score (nSPS) is 11.1. The zero-order valence-electron chi connectivity index (χ0n) is 15.6. The van der Waals surface area contributed by atoms with Gasteiger partial charge in [-0.05, 0) is 61.4 Å². The van der Waals surface area contributed by atoms with Crippen LogP contribution in [0.1, 0.15) is 27.2 Å². The van der Waals surface area contributed by atoms with E-state index >= 15 is 0 Å². The van der Waals surface area contributed by atoms with Gasteiger partial charge in [-0.15, -0.1) is 16.4 Å². The van der Waals surface area contributed by atoms with Crippen molar-refractivity contribution in [1.82, 2.24) is 19.9 Å². The molecule has 0 aliphatic rings. The Morgan fingerprint density at radius 1 is 1.14 bits per heavy atom. The predicted octanol–water partition coefficient (Wildman–Crippen LogP) is 4.70. The van der Waals surface area contributed by atoms with Crippen molar-refractivity contribution in [3.05, 3.63) is 75.3 Å². The average molecular weight is 411 g/mol. The summed E-state index contributed by atoms with van der Waals surface area (Å²) < 4.78 is 1.84. The lowest BCUT2D eigenvalue weighted by atomic mass is 10.1. The van der Waals surface area contributed by atoms with Gasteiger partial charge in [0, 0.05) is 34.5 Å². The van der Waals surface area contributed by atoms with Gasteiger partial charge in [0.15, 0.2) is 5.82 Å². The van der Waals surface area contributed by atoms with Crippen LogP contribution in [0.15, 0.2) is 47.8 Å². The van der Waals surface area contributed by atoms with E-state index in [1.807, 2.05) is 66.2 Å². The molecule has 4 rings (SSSR count). The van der Waals surface area contributed by atoms with Gasteiger partial charge < -0.3 is 5.32 Å². The van der Waals surface area contributed by atoms with Gasteiger partial charge in [-0.25, -0.2) is 4.52 Å². The number of fused-ring (bicyclic) bond motifs is 1. The summed E-state index contributed by atoms with van der Waals surface area (Å²) in [4.78, 5) is 17.8. The number of hydrogen-bond donors (Lipinski definition) is 1. The maximum Gasteiger partial charge on any atom is 0.251 e. The van der Waals surface area contributed by atoms with Crippen molar-refractivity contribution in [2.24, 2.45) is 0 Å². The van der Waals surface area contributed by atoms with Crippen LogP contribution in [0.3, 0.4) is 0 Å². The molecule has 142 valence electrons. The lowest BCUT2D eigenvalue weighted by molar-refractivity contribution is 0.0954. The Bertz CT molecular complexity index is 1150. The van der Waals surface area contributed by atoms with E-state index in [1.165, 1.54) is 5.56 Å². The second-order valence-electron chi connectivity index (χ2n) is 6.67. The first-order valence-corrected chi connectivity index (χ1v) is 10.2. The van der Waals surface area contributed by atoms with Crippen molar-refractivity contribution in [3.63, 3.8) is 0 Å². The van der Waals surface area contributed by atoms with Crippen molar-refractivity contribution < 1.29 is 4.79 Å². The van der Waals surface area contributed by atoms with Crippen molar-refractivity contribution in [2.75, 3.05) is 6.54 Å². The SMILES string of the molecule is Cc1ccc(C(=O)NCCc2csc3nc(-c4ccc(Cl)cc4)nn23)cc1C. The third kappa shape index (κ3) is 3.79. The monoisotopic (exact) mass is 410 g/mol. The number of aromatic nitrogens is 3. The van der Waals surface area contributed by atoms with E-state index in [1.54, 1.807) is 11.3 Å². The minimum Gasteiger partial charge on any atom is -0.352 e. The maximum atomic E-state index is 12.4. The molecule has 28 heavy (non-hydrogen) atoms. The molecule has 0 aliphatic carbocycles. The predicted molar refractivity (Wildman–Crippen MR) is 113 cm³/mol. The molecular formula is C21H19ClN4OS. The number of hydrogen-bond acceptors (Lipinski definition) is 4. The summed E-state index contributed by atoms with van der Waals surface area (Å²) in [6.07, 6.45) is 0.681. The molecule has 2 aromatic carbocycles. The number of carbonyl (C=O) groups excluding carboxylic acids is 1. The number of nitrogens with one attached hydrogen (secondary N) is 1. The van der Waals surface area contributed by atoms with Crippen molar-refractivity contribution in [3.8, 4) is 11.4 Å². The van der Waals surface area contributed by atoms with Crippen LogP contribution in [-0.4, -0.2) is 27.0 Å². The zero-order valence-corrected chi connectivity index (χ0v) is 17.1. The van der Waals surface area contributed by atoms with Crippen molar-refractivity contribution in [2.45, 2.75) is 20.3 Å². The van der Waals surface area contributed by atoms with Crippen LogP contribution in [0, 0.1) is 13.8 Å². The molecule has 1 N–H and O–H groups in total. The second-order valence-corrected chi connectivity index (χ2v) is 7.94. The molecule has 0 aliphatic heterocycles. The fourth-order valence-corrected chi connectivity index (χ4v) is 3.89. The highest BCUT2D eigenvalue weighted by atomic mass is 35.5. The van der Waals surface area contributed by atoms with Crippen LogP contribution < -0.4 is 5.32 Å². The summed E-state index contributed by atoms with van der Waals surface area (Å²) in [6, 6.07) is 13.2. The third-order valence-electron chi connectivity index (χ3n) is 4.69. The maximum absolute atomic E-state index is 12.4. The van der Waals surface area contributed by atoms with Gasteiger partial charge in [-0.3, -0.25) is 4.79 Å². The first-order valence-electron chi connectivity index (χ1n) is 8.96. The Kier molecular flexibility index (Phi) is 5.15. The first kappa shape index (κ1) is 18.7. The molecule has 2 aromatic heterocycles. The zero-order chi connectivity index (χ0) is 19.7. The molecule has 0 radical (unpaired) electrons. The van der Waals surface area contributed by atoms with Crippen LogP contribution in [-0.2, 0) is 6.42 Å². The van der Waals surface area contributed by atoms with E-state index < -0.39 is 0 Å². The number of amides is 1. The average Bonchev–Trinajstić information content (AvgIpc) is 3.26. The van der Waals surface area contributed by atoms with Gasteiger partial charge in [0.1, 0.15) is 0 Å². The highest BCUT2D eigenvalue weighted by molar-refractivity contribution is 7.15. The summed E-state index contributed by atoms with van der Waals surface area (Å²) >= 11 is 7.49. The number of benzene rings is 2. The molecule has 0 bridgehead atoms. The lowest BCUT2D eigenvalue weighted by Crippen LogP contribution is -2.26. The largest absolute Gasteiger partial charge is 0.352 e. The Hall–Kier alpha value is -2.70. The standard InChI is InChI=1S/C21H19ClN4OS/c1-13-3-4-16(11-14(13)2)20(27)23-10-9-18-12-28-21-24-19(25-26(18)21)15-5-7-17(22)8-6-15/h3-8,11-12H,9-10H2,1-2H3,(H,23,27). The van der Waals surface area contributed by atoms with Gasteiger partial charge >= 0.3 is 0 Å². The van der Waals surface area contributed by atoms with E-state index in [-0.39, 0.29) is 5.91 Å². The van der Waals surface area contributed by atoms with Crippen LogP contribution in [0.4, 0.5) is 0 Å². The molecule has 0 atom stereocenters. The van der Waals surface area contributed by atoms with Gasteiger partial charge in [-0.2, -0.15) is 4.98 Å². The fraction of sp³-hybridized carbons (Fsp3) is 0.190. The molecular weight excluding hydrogens is 392 g/mol. The topological polar surface area (TPSA) is 59.3 Å². The van der Waals surface area contributed by atoms with Crippen molar-refractivity contribution >= 4 is 33.8 Å².